The minimum atomic E-state index is -2.80. The highest BCUT2D eigenvalue weighted by atomic mass is 16.8. The number of amides is 5. The van der Waals surface area contributed by atoms with Gasteiger partial charge in [-0.05, 0) is 13.8 Å². The minimum Gasteiger partial charge on any atom is -0.394 e. The maximum atomic E-state index is 13.7. The Labute approximate surface area is 765 Å². The molecule has 0 bridgehead atoms. The van der Waals surface area contributed by atoms with E-state index in [1.165, 1.54) is 13.8 Å². The molecule has 0 aromatic carbocycles. The summed E-state index contributed by atoms with van der Waals surface area (Å²) in [5.74, 6) is -4.94. The molecule has 59 heteroatoms. The van der Waals surface area contributed by atoms with Crippen LogP contribution in [0, 0.1) is 0 Å². The number of ether oxygens (including phenoxy) is 21. The monoisotopic (exact) mass is 1970 g/mol. The van der Waals surface area contributed by atoms with Crippen LogP contribution in [0.1, 0.15) is 48.5 Å². The first-order chi connectivity index (χ1) is 63.8. The van der Waals surface area contributed by atoms with Crippen LogP contribution in [-0.4, -0.2) is 569 Å². The van der Waals surface area contributed by atoms with Crippen molar-refractivity contribution in [1.82, 2.24) is 26.6 Å². The molecule has 0 spiro atoms. The highest BCUT2D eigenvalue weighted by Crippen LogP contribution is 2.43. The van der Waals surface area contributed by atoms with E-state index in [0.29, 0.717) is 0 Å². The summed E-state index contributed by atoms with van der Waals surface area (Å²) in [5.41, 5.74) is 0. The lowest BCUT2D eigenvalue weighted by molar-refractivity contribution is -0.408. The van der Waals surface area contributed by atoms with Crippen molar-refractivity contribution in [2.45, 2.75) is 386 Å². The highest BCUT2D eigenvalue weighted by molar-refractivity contribution is 5.75. The Morgan fingerprint density at radius 1 is 0.207 bits per heavy atom. The molecule has 11 heterocycles. The molecule has 0 unspecified atom stereocenters. The van der Waals surface area contributed by atoms with Gasteiger partial charge in [0.25, 0.3) is 0 Å². The second-order valence-corrected chi connectivity index (χ2v) is 34.5. The number of hydrogen-bond acceptors (Lipinski definition) is 54. The molecule has 11 rings (SSSR count). The van der Waals surface area contributed by atoms with Gasteiger partial charge in [0.2, 0.25) is 29.5 Å². The van der Waals surface area contributed by atoms with Crippen LogP contribution in [0.5, 0.6) is 0 Å². The van der Waals surface area contributed by atoms with Crippen LogP contribution in [0.4, 0.5) is 0 Å². The molecule has 11 fully saturated rings. The molecule has 0 radical (unpaired) electrons. The normalized spacial score (nSPS) is 49.5. The molecule has 135 heavy (non-hydrogen) atoms. The number of carbonyl (C=O) groups excluding carboxylic acids is 5. The third-order valence-electron chi connectivity index (χ3n) is 24.9. The van der Waals surface area contributed by atoms with E-state index in [4.69, 9.17) is 99.5 Å². The first kappa shape index (κ1) is 111. The predicted molar refractivity (Wildman–Crippen MR) is 417 cm³/mol. The van der Waals surface area contributed by atoms with E-state index in [1.54, 1.807) is 0 Å². The van der Waals surface area contributed by atoms with E-state index < -0.39 is 426 Å². The lowest BCUT2D eigenvalue weighted by atomic mass is 9.93. The SMILES string of the molecule is CC(=O)N[C@@H]1[C@H](O)[C@H](O[C@@H]2O[C@H](CO)[C@@H](O[C@@H]3O[C@H](CO[C@H]4O[C@H](CO)[C@@H](O)[C@H](O)[C@@H]4O[C@@H]4O[C@H](CO)[C@@H](O[C@@H]5O[C@H](CO)[C@H](O)[C@H](O)[C@H]5O)[C@H](O[C@@H]5O[C@@H](C)[C@@H](O)[C@@H](O)[C@@H]5O)[C@H]4NC(C)=O)[C@@H](O[C@@H]4O[C@H](CO)[C@@H](O)[C@H](O)[C@H]4NC(C)=O)[C@H](O[C@H]4O[C@H](CO)[C@@H](O)[C@H](O)[C@@H]4O[C@@H]4O[C@H](CO)[C@@H](O)[C@H](O)[C@H]4NC(C)=O)[C@@H]3O)[C@H](O)[C@H]2NC(C)=O)[C@@H](CO[C@H]2O[C@H](C)[C@H](O)[C@H](O)[C@H]2O)O[C@H]1O. The summed E-state index contributed by atoms with van der Waals surface area (Å²) in [7, 11) is 0. The molecule has 780 valence electrons. The summed E-state index contributed by atoms with van der Waals surface area (Å²) in [6.45, 7) is -3.70. The van der Waals surface area contributed by atoms with Crippen molar-refractivity contribution >= 4 is 29.5 Å². The van der Waals surface area contributed by atoms with Crippen molar-refractivity contribution < 1.29 is 266 Å². The van der Waals surface area contributed by atoms with Crippen molar-refractivity contribution in [3.8, 4) is 0 Å². The maximum Gasteiger partial charge on any atom is 0.217 e. The lowest BCUT2D eigenvalue weighted by Gasteiger charge is -2.52. The zero-order valence-electron chi connectivity index (χ0n) is 73.3. The zero-order valence-corrected chi connectivity index (χ0v) is 73.3. The number of aliphatic hydroxyl groups excluding tert-OH is 28. The number of aliphatic hydroxyl groups is 28. The van der Waals surface area contributed by atoms with Crippen molar-refractivity contribution in [2.75, 3.05) is 59.5 Å². The van der Waals surface area contributed by atoms with Gasteiger partial charge in [-0.15, -0.1) is 0 Å². The van der Waals surface area contributed by atoms with E-state index in [-0.39, 0.29) is 0 Å². The number of carbonyl (C=O) groups is 5. The van der Waals surface area contributed by atoms with Gasteiger partial charge >= 0.3 is 0 Å². The molecule has 33 N–H and O–H groups in total. The molecule has 0 aromatic rings. The van der Waals surface area contributed by atoms with Crippen molar-refractivity contribution in [2.24, 2.45) is 0 Å². The van der Waals surface area contributed by atoms with Gasteiger partial charge in [0.15, 0.2) is 69.2 Å². The highest BCUT2D eigenvalue weighted by Gasteiger charge is 2.63. The number of nitrogens with one attached hydrogen (secondary N) is 5. The molecule has 55 atom stereocenters. The Bertz CT molecular complexity index is 3750. The summed E-state index contributed by atoms with van der Waals surface area (Å²) >= 11 is 0. The average Bonchev–Trinajstić information content (AvgIpc) is 0.752. The van der Waals surface area contributed by atoms with Crippen LogP contribution >= 0.6 is 0 Å². The third kappa shape index (κ3) is 24.7. The predicted octanol–water partition coefficient (Wildman–Crippen LogP) is -22.2. The molecule has 11 saturated heterocycles. The molecular weight excluding hydrogens is 1850 g/mol. The smallest absolute Gasteiger partial charge is 0.217 e. The Morgan fingerprint density at radius 3 is 0.926 bits per heavy atom. The van der Waals surface area contributed by atoms with E-state index in [0.717, 1.165) is 34.6 Å². The van der Waals surface area contributed by atoms with Gasteiger partial charge in [-0.1, -0.05) is 0 Å². The summed E-state index contributed by atoms with van der Waals surface area (Å²) in [4.78, 5) is 65.9. The quantitative estimate of drug-likeness (QED) is 0.0284. The first-order valence-corrected chi connectivity index (χ1v) is 43.4. The van der Waals surface area contributed by atoms with Gasteiger partial charge < -0.3 is 269 Å². The van der Waals surface area contributed by atoms with Crippen LogP contribution in [0.25, 0.3) is 0 Å². The van der Waals surface area contributed by atoms with Gasteiger partial charge in [0, 0.05) is 34.6 Å². The van der Waals surface area contributed by atoms with Gasteiger partial charge in [-0.2, -0.15) is 0 Å². The van der Waals surface area contributed by atoms with Crippen molar-refractivity contribution in [3.63, 3.8) is 0 Å². The average molecular weight is 1970 g/mol. The van der Waals surface area contributed by atoms with Gasteiger partial charge in [-0.25, -0.2) is 0 Å². The fraction of sp³-hybridized carbons (Fsp3) is 0.934. The van der Waals surface area contributed by atoms with Crippen LogP contribution in [0.2, 0.25) is 0 Å². The lowest BCUT2D eigenvalue weighted by Crippen LogP contribution is -2.72. The Kier molecular flexibility index (Phi) is 39.5. The van der Waals surface area contributed by atoms with Crippen LogP contribution in [-0.2, 0) is 123 Å². The van der Waals surface area contributed by atoms with E-state index in [2.05, 4.69) is 26.6 Å². The second-order valence-electron chi connectivity index (χ2n) is 34.5. The Hall–Kier alpha value is -4.61. The summed E-state index contributed by atoms with van der Waals surface area (Å²) in [6, 6.07) is -10.0. The topological polar surface area (TPSA) is 906 Å². The minimum absolute atomic E-state index is 0.877. The summed E-state index contributed by atoms with van der Waals surface area (Å²) in [5, 5.41) is 330. The fourth-order valence-corrected chi connectivity index (χ4v) is 17.6. The molecule has 11 aliphatic heterocycles. The molecule has 59 nitrogen and oxygen atoms in total. The van der Waals surface area contributed by atoms with E-state index in [1.807, 2.05) is 0 Å². The second kappa shape index (κ2) is 48.2. The van der Waals surface area contributed by atoms with E-state index in [9.17, 15) is 167 Å². The fourth-order valence-electron chi connectivity index (χ4n) is 17.6. The molecule has 11 aliphatic rings. The Morgan fingerprint density at radius 2 is 0.467 bits per heavy atom. The third-order valence-corrected chi connectivity index (χ3v) is 24.9. The molecule has 5 amide bonds. The maximum absolute atomic E-state index is 13.7. The molecular formula is C76H127N5O54. The van der Waals surface area contributed by atoms with Crippen molar-refractivity contribution in [3.05, 3.63) is 0 Å². The standard InChI is InChI=1S/C76H127N5O54/c1-17-38(94)49(105)54(110)71(117-17)115-15-31-59(47(103)33(66(114)119-31)77-19(3)89)128-69-36(80-22(6)92)48(104)58(29(13-87)125-69)129-74-57(113)63(133-76-65(53(109)44(100)28(12-86)124-76)135-68-35(79-21(5)91)46(102)41(97)25(9-83)121-68)61(130-67-34(78-20(4)90)45(101)40(96)24(8-82)120-67)32(127-74)16-116-75-64(52(108)43(99)27(11-85)123-75)134-70-37(81-23(7)93)62(132-72-55(111)50(106)39(95)18(2)118-72)60(30(14-88)126-70)131-73-56(112)51(107)42(98)26(10-84)122-73/h17-18,24-76,82-88,94-114H,8-16H2,1-7H3,(H,77,89)(H,78,90)(H,79,91)(H,80,92)(H,81,93)/t17-,18+,24-,25-,26-,27-,28-,29-,30-,31-,32-,33-,34-,35-,36-,37-,38+,39-,40-,41-,42+,43-,44-,45-,46-,47+,48-,49+,50-,51+,52+,53+,54-,55+,56-,57+,58-,59-,60-,61-,62-,63-,64+,65+,66-,67+,68+,69+,70+,71+,72+,73+,74+,75+,76-/m1/s1. The first-order valence-electron chi connectivity index (χ1n) is 43.4. The largest absolute Gasteiger partial charge is 0.394 e. The van der Waals surface area contributed by atoms with Gasteiger partial charge in [0.05, 0.1) is 71.7 Å². The number of hydrogen-bond donors (Lipinski definition) is 33. The van der Waals surface area contributed by atoms with Crippen LogP contribution in [0.3, 0.4) is 0 Å². The molecule has 0 aliphatic carbocycles. The number of rotatable bonds is 34. The summed E-state index contributed by atoms with van der Waals surface area (Å²) < 4.78 is 129. The van der Waals surface area contributed by atoms with Crippen LogP contribution < -0.4 is 26.6 Å². The van der Waals surface area contributed by atoms with E-state index >= 15 is 0 Å². The Balaban J connectivity index is 1.03. The van der Waals surface area contributed by atoms with Gasteiger partial charge in [-0.3, -0.25) is 24.0 Å². The molecule has 0 saturated carbocycles. The van der Waals surface area contributed by atoms with Gasteiger partial charge in [0.1, 0.15) is 256 Å². The van der Waals surface area contributed by atoms with Crippen molar-refractivity contribution in [1.29, 1.82) is 0 Å². The summed E-state index contributed by atoms with van der Waals surface area (Å²) in [6.07, 6.45) is -108. The molecule has 0 aromatic heterocycles. The zero-order chi connectivity index (χ0) is 99.4. The van der Waals surface area contributed by atoms with Crippen LogP contribution in [0.15, 0.2) is 0 Å².